The second-order valence-corrected chi connectivity index (χ2v) is 4.84. The quantitative estimate of drug-likeness (QED) is 0.833. The van der Waals surface area contributed by atoms with Gasteiger partial charge in [0.15, 0.2) is 0 Å². The maximum Gasteiger partial charge on any atom is 0.251 e. The first-order valence-electron chi connectivity index (χ1n) is 6.70. The molecule has 21 heavy (non-hydrogen) atoms. The summed E-state index contributed by atoms with van der Waals surface area (Å²) in [6, 6.07) is 7.60. The normalized spacial score (nSPS) is 13.0. The molecule has 0 heterocycles. The minimum absolute atomic E-state index is 0. The number of rotatable bonds is 7. The van der Waals surface area contributed by atoms with Crippen LogP contribution in [0.15, 0.2) is 24.3 Å². The van der Waals surface area contributed by atoms with Crippen LogP contribution in [0.5, 0.6) is 5.75 Å². The zero-order chi connectivity index (χ0) is 15.1. The monoisotopic (exact) mass is 316 g/mol. The first kappa shape index (κ1) is 19.7. The van der Waals surface area contributed by atoms with Gasteiger partial charge in [-0.15, -0.1) is 12.4 Å². The molecule has 0 aromatic heterocycles. The van der Waals surface area contributed by atoms with E-state index in [4.69, 9.17) is 15.2 Å². The maximum atomic E-state index is 12.1. The first-order valence-corrected chi connectivity index (χ1v) is 6.70. The molecule has 0 fully saturated rings. The Morgan fingerprint density at radius 3 is 2.62 bits per heavy atom. The van der Waals surface area contributed by atoms with Gasteiger partial charge >= 0.3 is 0 Å². The van der Waals surface area contributed by atoms with E-state index in [9.17, 15) is 4.79 Å². The molecular weight excluding hydrogens is 292 g/mol. The molecule has 1 aromatic rings. The van der Waals surface area contributed by atoms with E-state index in [0.717, 1.165) is 11.3 Å². The van der Waals surface area contributed by atoms with Crippen molar-refractivity contribution in [3.63, 3.8) is 0 Å². The Morgan fingerprint density at radius 1 is 1.38 bits per heavy atom. The highest BCUT2D eigenvalue weighted by Crippen LogP contribution is 2.14. The number of halogens is 1. The molecule has 0 aliphatic rings. The topological polar surface area (TPSA) is 64.8 Å². The lowest BCUT2D eigenvalue weighted by Crippen LogP contribution is -2.44. The molecule has 6 heteroatoms. The molecule has 0 aliphatic carbocycles. The van der Waals surface area contributed by atoms with Crippen LogP contribution in [0.4, 0.5) is 0 Å². The Balaban J connectivity index is 0.00000400. The predicted molar refractivity (Wildman–Crippen MR) is 85.8 cm³/mol. The fourth-order valence-electron chi connectivity index (χ4n) is 1.72. The van der Waals surface area contributed by atoms with Crippen molar-refractivity contribution in [1.29, 1.82) is 0 Å². The molecular formula is C15H25ClN2O3. The molecule has 1 rings (SSSR count). The highest BCUT2D eigenvalue weighted by atomic mass is 35.5. The van der Waals surface area contributed by atoms with E-state index in [1.165, 1.54) is 0 Å². The third kappa shape index (κ3) is 5.91. The minimum atomic E-state index is -0.500. The molecule has 5 nitrogen and oxygen atoms in total. The molecule has 0 radical (unpaired) electrons. The number of nitrogens with zero attached hydrogens (tertiary/aromatic N) is 1. The third-order valence-electron chi connectivity index (χ3n) is 3.33. The summed E-state index contributed by atoms with van der Waals surface area (Å²) in [5.74, 6) is 0.713. The lowest BCUT2D eigenvalue weighted by atomic mass is 10.2. The van der Waals surface area contributed by atoms with E-state index in [0.29, 0.717) is 13.2 Å². The Morgan fingerprint density at radius 2 is 2.05 bits per heavy atom. The van der Waals surface area contributed by atoms with E-state index >= 15 is 0 Å². The van der Waals surface area contributed by atoms with Crippen LogP contribution in [0, 0.1) is 0 Å². The van der Waals surface area contributed by atoms with Gasteiger partial charge in [0.25, 0.3) is 5.91 Å². The van der Waals surface area contributed by atoms with Gasteiger partial charge in [-0.2, -0.15) is 0 Å². The molecule has 0 aliphatic heterocycles. The summed E-state index contributed by atoms with van der Waals surface area (Å²) in [4.78, 5) is 13.7. The SMILES string of the molecule is COc1cccc(COC(C)C(=O)N(C)C(C)CN)c1.Cl. The van der Waals surface area contributed by atoms with E-state index in [-0.39, 0.29) is 24.4 Å². The summed E-state index contributed by atoms with van der Waals surface area (Å²) in [5.41, 5.74) is 6.53. The Kier molecular flexibility index (Phi) is 9.01. The average molecular weight is 317 g/mol. The number of hydrogen-bond donors (Lipinski definition) is 1. The number of carbonyl (C=O) groups excluding carboxylic acids is 1. The molecule has 0 bridgehead atoms. The molecule has 1 amide bonds. The molecule has 2 unspecified atom stereocenters. The van der Waals surface area contributed by atoms with Crippen LogP contribution in [-0.4, -0.2) is 43.7 Å². The van der Waals surface area contributed by atoms with E-state index in [1.807, 2.05) is 31.2 Å². The number of amides is 1. The number of ether oxygens (including phenoxy) is 2. The Bertz CT molecular complexity index is 443. The van der Waals surface area contributed by atoms with Gasteiger partial charge in [0, 0.05) is 19.6 Å². The summed E-state index contributed by atoms with van der Waals surface area (Å²) >= 11 is 0. The summed E-state index contributed by atoms with van der Waals surface area (Å²) < 4.78 is 10.8. The highest BCUT2D eigenvalue weighted by molar-refractivity contribution is 5.85. The van der Waals surface area contributed by atoms with Gasteiger partial charge in [-0.25, -0.2) is 0 Å². The fraction of sp³-hybridized carbons (Fsp3) is 0.533. The molecule has 120 valence electrons. The molecule has 1 aromatic carbocycles. The van der Waals surface area contributed by atoms with Gasteiger partial charge in [0.2, 0.25) is 0 Å². The first-order chi connectivity index (χ1) is 9.49. The second kappa shape index (κ2) is 9.60. The lowest BCUT2D eigenvalue weighted by molar-refractivity contribution is -0.143. The van der Waals surface area contributed by atoms with Crippen LogP contribution < -0.4 is 10.5 Å². The van der Waals surface area contributed by atoms with Gasteiger partial charge in [0.05, 0.1) is 13.7 Å². The summed E-state index contributed by atoms with van der Waals surface area (Å²) in [6.07, 6.45) is -0.500. The summed E-state index contributed by atoms with van der Waals surface area (Å²) in [6.45, 7) is 4.47. The van der Waals surface area contributed by atoms with Crippen molar-refractivity contribution in [2.75, 3.05) is 20.7 Å². The minimum Gasteiger partial charge on any atom is -0.497 e. The van der Waals surface area contributed by atoms with Crippen molar-refractivity contribution in [2.45, 2.75) is 32.6 Å². The van der Waals surface area contributed by atoms with Crippen LogP contribution in [0.25, 0.3) is 0 Å². The maximum absolute atomic E-state index is 12.1. The number of nitrogens with two attached hydrogens (primary N) is 1. The molecule has 0 spiro atoms. The standard InChI is InChI=1S/C15H24N2O3.ClH/c1-11(9-16)17(3)15(18)12(2)20-10-13-6-5-7-14(8-13)19-4;/h5-8,11-12H,9-10,16H2,1-4H3;1H. The zero-order valence-corrected chi connectivity index (χ0v) is 13.9. The van der Waals surface area contributed by atoms with E-state index < -0.39 is 6.10 Å². The van der Waals surface area contributed by atoms with Crippen LogP contribution in [-0.2, 0) is 16.1 Å². The average Bonchev–Trinajstić information content (AvgIpc) is 2.50. The van der Waals surface area contributed by atoms with Crippen molar-refractivity contribution in [1.82, 2.24) is 4.90 Å². The van der Waals surface area contributed by atoms with E-state index in [1.54, 1.807) is 26.0 Å². The van der Waals surface area contributed by atoms with Gasteiger partial charge in [-0.1, -0.05) is 12.1 Å². The van der Waals surface area contributed by atoms with Crippen LogP contribution in [0.3, 0.4) is 0 Å². The smallest absolute Gasteiger partial charge is 0.251 e. The summed E-state index contributed by atoms with van der Waals surface area (Å²) in [7, 11) is 3.36. The molecule has 2 atom stereocenters. The van der Waals surface area contributed by atoms with Gasteiger partial charge in [-0.05, 0) is 31.5 Å². The number of benzene rings is 1. The largest absolute Gasteiger partial charge is 0.497 e. The van der Waals surface area contributed by atoms with E-state index in [2.05, 4.69) is 0 Å². The van der Waals surface area contributed by atoms with Crippen molar-refractivity contribution in [2.24, 2.45) is 5.73 Å². The van der Waals surface area contributed by atoms with Crippen LogP contribution >= 0.6 is 12.4 Å². The lowest BCUT2D eigenvalue weighted by Gasteiger charge is -2.26. The van der Waals surface area contributed by atoms with Crippen LogP contribution in [0.2, 0.25) is 0 Å². The van der Waals surface area contributed by atoms with Gasteiger partial charge in [-0.3, -0.25) is 4.79 Å². The summed E-state index contributed by atoms with van der Waals surface area (Å²) in [5, 5.41) is 0. The number of carbonyl (C=O) groups is 1. The molecule has 0 saturated carbocycles. The van der Waals surface area contributed by atoms with Crippen molar-refractivity contribution in [3.05, 3.63) is 29.8 Å². The molecule has 0 saturated heterocycles. The Labute approximate surface area is 132 Å². The van der Waals surface area contributed by atoms with Gasteiger partial charge < -0.3 is 20.1 Å². The number of hydrogen-bond acceptors (Lipinski definition) is 4. The van der Waals surface area contributed by atoms with Gasteiger partial charge in [0.1, 0.15) is 11.9 Å². The van der Waals surface area contributed by atoms with Crippen molar-refractivity contribution in [3.8, 4) is 5.75 Å². The second-order valence-electron chi connectivity index (χ2n) is 4.84. The third-order valence-corrected chi connectivity index (χ3v) is 3.33. The highest BCUT2D eigenvalue weighted by Gasteiger charge is 2.21. The Hall–Kier alpha value is -1.30. The van der Waals surface area contributed by atoms with Crippen LogP contribution in [0.1, 0.15) is 19.4 Å². The van der Waals surface area contributed by atoms with Crippen molar-refractivity contribution < 1.29 is 14.3 Å². The zero-order valence-electron chi connectivity index (χ0n) is 13.0. The predicted octanol–water partition coefficient (Wildman–Crippen LogP) is 1.83. The fourth-order valence-corrected chi connectivity index (χ4v) is 1.72. The number of methoxy groups -OCH3 is 1. The molecule has 2 N–H and O–H groups in total. The number of likely N-dealkylation sites (N-methyl/N-ethyl adjacent to an activating group) is 1. The van der Waals surface area contributed by atoms with Crippen molar-refractivity contribution >= 4 is 18.3 Å².